The highest BCUT2D eigenvalue weighted by atomic mass is 16.6. The number of nitrogens with one attached hydrogen (secondary N) is 1. The van der Waals surface area contributed by atoms with Crippen LogP contribution in [-0.2, 0) is 0 Å². The summed E-state index contributed by atoms with van der Waals surface area (Å²) in [5.74, 6) is 0.651. The van der Waals surface area contributed by atoms with Crippen molar-refractivity contribution in [2.24, 2.45) is 5.92 Å². The van der Waals surface area contributed by atoms with Crippen molar-refractivity contribution < 1.29 is 9.66 Å². The number of hydrogen-bond acceptors (Lipinski definition) is 4. The molecule has 0 aromatic heterocycles. The molecule has 0 saturated heterocycles. The molecular formula is C16H26N2O3. The van der Waals surface area contributed by atoms with E-state index in [-0.39, 0.29) is 22.1 Å². The minimum absolute atomic E-state index is 0.0449. The second-order valence-electron chi connectivity index (χ2n) is 6.73. The van der Waals surface area contributed by atoms with Gasteiger partial charge in [0.2, 0.25) is 0 Å². The Morgan fingerprint density at radius 1 is 1.33 bits per heavy atom. The molecule has 1 aromatic carbocycles. The van der Waals surface area contributed by atoms with E-state index in [1.807, 2.05) is 19.9 Å². The normalized spacial score (nSPS) is 13.0. The molecule has 0 saturated carbocycles. The summed E-state index contributed by atoms with van der Waals surface area (Å²) in [6.07, 6.45) is 0. The van der Waals surface area contributed by atoms with Crippen LogP contribution in [0.15, 0.2) is 12.1 Å². The molecule has 1 rings (SSSR count). The van der Waals surface area contributed by atoms with Crippen molar-refractivity contribution in [2.45, 2.75) is 47.1 Å². The SMILES string of the molecule is Cc1cc(C)c(OCC(C)CNC(C)(C)C)c([N+](=O)[O-])c1. The summed E-state index contributed by atoms with van der Waals surface area (Å²) < 4.78 is 5.73. The van der Waals surface area contributed by atoms with Gasteiger partial charge in [-0.25, -0.2) is 0 Å². The summed E-state index contributed by atoms with van der Waals surface area (Å²) in [7, 11) is 0. The van der Waals surface area contributed by atoms with Gasteiger partial charge in [0.25, 0.3) is 0 Å². The number of ether oxygens (including phenoxy) is 1. The maximum absolute atomic E-state index is 11.1. The van der Waals surface area contributed by atoms with Crippen LogP contribution >= 0.6 is 0 Å². The van der Waals surface area contributed by atoms with E-state index in [1.54, 1.807) is 6.07 Å². The topological polar surface area (TPSA) is 64.4 Å². The number of rotatable bonds is 6. The van der Waals surface area contributed by atoms with Crippen molar-refractivity contribution >= 4 is 5.69 Å². The van der Waals surface area contributed by atoms with Gasteiger partial charge < -0.3 is 10.1 Å². The van der Waals surface area contributed by atoms with Gasteiger partial charge in [0.1, 0.15) is 0 Å². The lowest BCUT2D eigenvalue weighted by atomic mass is 10.1. The highest BCUT2D eigenvalue weighted by Gasteiger charge is 2.19. The number of nitro groups is 1. The van der Waals surface area contributed by atoms with Crippen molar-refractivity contribution in [1.29, 1.82) is 0 Å². The van der Waals surface area contributed by atoms with Gasteiger partial charge in [0.05, 0.1) is 11.5 Å². The smallest absolute Gasteiger partial charge is 0.311 e. The zero-order chi connectivity index (χ0) is 16.2. The third-order valence-electron chi connectivity index (χ3n) is 3.09. The van der Waals surface area contributed by atoms with Crippen LogP contribution in [0, 0.1) is 29.9 Å². The second kappa shape index (κ2) is 6.89. The molecule has 0 fully saturated rings. The molecule has 0 spiro atoms. The van der Waals surface area contributed by atoms with Crippen LogP contribution in [0.3, 0.4) is 0 Å². The molecule has 0 aliphatic rings. The van der Waals surface area contributed by atoms with Gasteiger partial charge in [-0.3, -0.25) is 10.1 Å². The third kappa shape index (κ3) is 5.71. The van der Waals surface area contributed by atoms with Gasteiger partial charge in [-0.2, -0.15) is 0 Å². The van der Waals surface area contributed by atoms with Gasteiger partial charge in [-0.15, -0.1) is 0 Å². The molecule has 1 unspecified atom stereocenters. The molecule has 118 valence electrons. The maximum atomic E-state index is 11.1. The molecule has 0 heterocycles. The van der Waals surface area contributed by atoms with Crippen molar-refractivity contribution in [3.05, 3.63) is 33.4 Å². The van der Waals surface area contributed by atoms with Crippen molar-refractivity contribution in [2.75, 3.05) is 13.2 Å². The van der Waals surface area contributed by atoms with Crippen LogP contribution in [-0.4, -0.2) is 23.6 Å². The van der Waals surface area contributed by atoms with Gasteiger partial charge in [0, 0.05) is 24.1 Å². The zero-order valence-corrected chi connectivity index (χ0v) is 13.8. The Hall–Kier alpha value is -1.62. The number of benzene rings is 1. The fourth-order valence-electron chi connectivity index (χ4n) is 2.02. The van der Waals surface area contributed by atoms with Crippen LogP contribution in [0.1, 0.15) is 38.8 Å². The molecule has 0 radical (unpaired) electrons. The van der Waals surface area contributed by atoms with E-state index in [0.29, 0.717) is 12.4 Å². The summed E-state index contributed by atoms with van der Waals surface area (Å²) in [4.78, 5) is 10.8. The molecule has 5 heteroatoms. The Labute approximate surface area is 126 Å². The van der Waals surface area contributed by atoms with E-state index in [4.69, 9.17) is 4.74 Å². The second-order valence-corrected chi connectivity index (χ2v) is 6.73. The van der Waals surface area contributed by atoms with Crippen molar-refractivity contribution in [3.8, 4) is 5.75 Å². The highest BCUT2D eigenvalue weighted by Crippen LogP contribution is 2.32. The molecule has 1 aromatic rings. The first-order valence-corrected chi connectivity index (χ1v) is 7.23. The molecule has 0 aliphatic carbocycles. The Morgan fingerprint density at radius 3 is 2.48 bits per heavy atom. The zero-order valence-electron chi connectivity index (χ0n) is 13.8. The molecule has 1 atom stereocenters. The Bertz CT molecular complexity index is 507. The number of aryl methyl sites for hydroxylation is 2. The molecule has 21 heavy (non-hydrogen) atoms. The molecule has 0 bridgehead atoms. The van der Waals surface area contributed by atoms with E-state index >= 15 is 0 Å². The predicted octanol–water partition coefficient (Wildman–Crippen LogP) is 3.61. The van der Waals surface area contributed by atoms with Crippen LogP contribution in [0.5, 0.6) is 5.75 Å². The largest absolute Gasteiger partial charge is 0.486 e. The first-order valence-electron chi connectivity index (χ1n) is 7.23. The molecular weight excluding hydrogens is 268 g/mol. The number of nitrogens with zero attached hydrogens (tertiary/aromatic N) is 1. The van der Waals surface area contributed by atoms with E-state index in [1.165, 1.54) is 0 Å². The van der Waals surface area contributed by atoms with Gasteiger partial charge in [0.15, 0.2) is 5.75 Å². The van der Waals surface area contributed by atoms with Crippen molar-refractivity contribution in [3.63, 3.8) is 0 Å². The molecule has 1 N–H and O–H groups in total. The maximum Gasteiger partial charge on any atom is 0.311 e. The van der Waals surface area contributed by atoms with Crippen LogP contribution in [0.25, 0.3) is 0 Å². The summed E-state index contributed by atoms with van der Waals surface area (Å²) in [6.45, 7) is 13.3. The summed E-state index contributed by atoms with van der Waals surface area (Å²) in [5.41, 5.74) is 1.77. The highest BCUT2D eigenvalue weighted by molar-refractivity contribution is 5.53. The lowest BCUT2D eigenvalue weighted by Gasteiger charge is -2.23. The van der Waals surface area contributed by atoms with Gasteiger partial charge in [-0.05, 0) is 45.7 Å². The fraction of sp³-hybridized carbons (Fsp3) is 0.625. The Morgan fingerprint density at radius 2 is 1.95 bits per heavy atom. The van der Waals surface area contributed by atoms with Gasteiger partial charge >= 0.3 is 5.69 Å². The number of nitro benzene ring substituents is 1. The minimum atomic E-state index is -0.382. The van der Waals surface area contributed by atoms with E-state index in [0.717, 1.165) is 17.7 Å². The molecule has 0 amide bonds. The van der Waals surface area contributed by atoms with E-state index < -0.39 is 0 Å². The third-order valence-corrected chi connectivity index (χ3v) is 3.09. The van der Waals surface area contributed by atoms with Gasteiger partial charge in [-0.1, -0.05) is 13.0 Å². The minimum Gasteiger partial charge on any atom is -0.486 e. The quantitative estimate of drug-likeness (QED) is 0.643. The Balaban J connectivity index is 2.73. The molecule has 5 nitrogen and oxygen atoms in total. The fourth-order valence-corrected chi connectivity index (χ4v) is 2.02. The summed E-state index contributed by atoms with van der Waals surface area (Å²) >= 11 is 0. The monoisotopic (exact) mass is 294 g/mol. The molecule has 0 aliphatic heterocycles. The van der Waals surface area contributed by atoms with Crippen LogP contribution < -0.4 is 10.1 Å². The Kier molecular flexibility index (Phi) is 5.72. The first-order chi connectivity index (χ1) is 9.60. The van der Waals surface area contributed by atoms with Crippen molar-refractivity contribution in [1.82, 2.24) is 5.32 Å². The number of hydrogen-bond donors (Lipinski definition) is 1. The predicted molar refractivity (Wildman–Crippen MR) is 85.0 cm³/mol. The summed E-state index contributed by atoms with van der Waals surface area (Å²) in [5, 5.41) is 14.5. The van der Waals surface area contributed by atoms with Crippen LogP contribution in [0.4, 0.5) is 5.69 Å². The lowest BCUT2D eigenvalue weighted by molar-refractivity contribution is -0.386. The lowest BCUT2D eigenvalue weighted by Crippen LogP contribution is -2.39. The summed E-state index contributed by atoms with van der Waals surface area (Å²) in [6, 6.07) is 3.46. The average Bonchev–Trinajstić information content (AvgIpc) is 2.33. The first kappa shape index (κ1) is 17.4. The average molecular weight is 294 g/mol. The van der Waals surface area contributed by atoms with E-state index in [9.17, 15) is 10.1 Å². The van der Waals surface area contributed by atoms with Crippen LogP contribution in [0.2, 0.25) is 0 Å². The van der Waals surface area contributed by atoms with E-state index in [2.05, 4.69) is 33.0 Å². The standard InChI is InChI=1S/C16H26N2O3/c1-11-7-13(3)15(14(8-11)18(19)20)21-10-12(2)9-17-16(4,5)6/h7-8,12,17H,9-10H2,1-6H3.